The van der Waals surface area contributed by atoms with E-state index < -0.39 is 11.6 Å². The molecule has 1 aromatic carbocycles. The minimum absolute atomic E-state index is 0.128. The van der Waals surface area contributed by atoms with Gasteiger partial charge in [-0.3, -0.25) is 0 Å². The van der Waals surface area contributed by atoms with Crippen molar-refractivity contribution in [2.75, 3.05) is 31.4 Å². The van der Waals surface area contributed by atoms with Crippen LogP contribution in [0.2, 0.25) is 0 Å². The molecule has 0 radical (unpaired) electrons. The fourth-order valence-electron chi connectivity index (χ4n) is 1.47. The van der Waals surface area contributed by atoms with E-state index in [9.17, 15) is 8.78 Å². The van der Waals surface area contributed by atoms with Crippen molar-refractivity contribution in [3.8, 4) is 11.4 Å². The number of halogens is 2. The molecule has 2 aromatic rings. The van der Waals surface area contributed by atoms with Crippen LogP contribution in [0.3, 0.4) is 0 Å². The highest BCUT2D eigenvalue weighted by Gasteiger charge is 2.13. The Balaban J connectivity index is 2.57. The predicted molar refractivity (Wildman–Crippen MR) is 69.1 cm³/mol. The summed E-state index contributed by atoms with van der Waals surface area (Å²) in [6.45, 7) is 0. The molecule has 0 amide bonds. The highest BCUT2D eigenvalue weighted by Crippen LogP contribution is 2.22. The van der Waals surface area contributed by atoms with Gasteiger partial charge in [-0.05, 0) is 12.1 Å². The summed E-state index contributed by atoms with van der Waals surface area (Å²) in [7, 11) is 5.18. The van der Waals surface area contributed by atoms with Gasteiger partial charge in [-0.15, -0.1) is 0 Å². The molecule has 1 heterocycles. The molecule has 1 aromatic heterocycles. The second kappa shape index (κ2) is 5.13. The van der Waals surface area contributed by atoms with Crippen molar-refractivity contribution in [2.45, 2.75) is 0 Å². The van der Waals surface area contributed by atoms with E-state index in [1.807, 2.05) is 0 Å². The van der Waals surface area contributed by atoms with Crippen LogP contribution in [-0.2, 0) is 0 Å². The van der Waals surface area contributed by atoms with Gasteiger partial charge in [0, 0.05) is 27.2 Å². The second-order valence-electron chi connectivity index (χ2n) is 4.05. The van der Waals surface area contributed by atoms with E-state index in [-0.39, 0.29) is 11.4 Å². The number of aromatic nitrogens is 3. The van der Waals surface area contributed by atoms with Crippen LogP contribution in [0.15, 0.2) is 18.2 Å². The van der Waals surface area contributed by atoms with Crippen LogP contribution in [0.25, 0.3) is 11.4 Å². The SMILES string of the molecule is CNc1nc(-c2ccc(F)cc2F)nc(N(C)C)n1. The smallest absolute Gasteiger partial charge is 0.230 e. The average Bonchev–Trinajstić information content (AvgIpc) is 2.38. The largest absolute Gasteiger partial charge is 0.357 e. The Morgan fingerprint density at radius 1 is 1.11 bits per heavy atom. The summed E-state index contributed by atoms with van der Waals surface area (Å²) in [4.78, 5) is 14.0. The fourth-order valence-corrected chi connectivity index (χ4v) is 1.47. The third-order valence-corrected chi connectivity index (χ3v) is 2.42. The molecule has 0 spiro atoms. The minimum Gasteiger partial charge on any atom is -0.357 e. The summed E-state index contributed by atoms with van der Waals surface area (Å²) in [5, 5.41) is 2.78. The Labute approximate surface area is 109 Å². The molecule has 19 heavy (non-hydrogen) atoms. The van der Waals surface area contributed by atoms with Crippen molar-refractivity contribution in [1.82, 2.24) is 15.0 Å². The molecule has 5 nitrogen and oxygen atoms in total. The zero-order valence-corrected chi connectivity index (χ0v) is 10.8. The number of anilines is 2. The van der Waals surface area contributed by atoms with E-state index in [1.165, 1.54) is 6.07 Å². The highest BCUT2D eigenvalue weighted by molar-refractivity contribution is 5.58. The molecule has 7 heteroatoms. The van der Waals surface area contributed by atoms with Gasteiger partial charge in [-0.25, -0.2) is 8.78 Å². The Hall–Kier alpha value is -2.31. The summed E-state index contributed by atoms with van der Waals surface area (Å²) in [5.41, 5.74) is 0.128. The number of benzene rings is 1. The highest BCUT2D eigenvalue weighted by atomic mass is 19.1. The molecule has 100 valence electrons. The molecule has 0 aliphatic rings. The van der Waals surface area contributed by atoms with Crippen molar-refractivity contribution < 1.29 is 8.78 Å². The summed E-state index contributed by atoms with van der Waals surface area (Å²) < 4.78 is 26.6. The molecule has 0 saturated heterocycles. The van der Waals surface area contributed by atoms with Crippen molar-refractivity contribution in [2.24, 2.45) is 0 Å². The average molecular weight is 265 g/mol. The lowest BCUT2D eigenvalue weighted by molar-refractivity contribution is 0.585. The van der Waals surface area contributed by atoms with Crippen LogP contribution >= 0.6 is 0 Å². The molecule has 0 bridgehead atoms. The summed E-state index contributed by atoms with van der Waals surface area (Å²) in [6.07, 6.45) is 0. The van der Waals surface area contributed by atoms with E-state index in [0.29, 0.717) is 11.9 Å². The molecule has 0 unspecified atom stereocenters. The maximum atomic E-state index is 13.7. The molecule has 0 saturated carbocycles. The normalized spacial score (nSPS) is 10.4. The quantitative estimate of drug-likeness (QED) is 0.919. The second-order valence-corrected chi connectivity index (χ2v) is 4.05. The van der Waals surface area contributed by atoms with E-state index in [0.717, 1.165) is 12.1 Å². The lowest BCUT2D eigenvalue weighted by Crippen LogP contribution is -2.15. The molecule has 0 atom stereocenters. The maximum Gasteiger partial charge on any atom is 0.230 e. The van der Waals surface area contributed by atoms with Crippen LogP contribution < -0.4 is 10.2 Å². The molecular weight excluding hydrogens is 252 g/mol. The molecule has 2 rings (SSSR count). The van der Waals surface area contributed by atoms with Crippen LogP contribution in [0, 0.1) is 11.6 Å². The Morgan fingerprint density at radius 2 is 1.84 bits per heavy atom. The first-order valence-corrected chi connectivity index (χ1v) is 5.58. The first-order chi connectivity index (χ1) is 9.01. The van der Waals surface area contributed by atoms with Crippen LogP contribution in [0.4, 0.5) is 20.7 Å². The van der Waals surface area contributed by atoms with Crippen LogP contribution in [-0.4, -0.2) is 36.1 Å². The van der Waals surface area contributed by atoms with Crippen LogP contribution in [0.1, 0.15) is 0 Å². The van der Waals surface area contributed by atoms with Gasteiger partial charge in [0.25, 0.3) is 0 Å². The number of rotatable bonds is 3. The Bertz CT molecular complexity index is 601. The summed E-state index contributed by atoms with van der Waals surface area (Å²) in [5.74, 6) is -0.494. The van der Waals surface area contributed by atoms with Crippen LogP contribution in [0.5, 0.6) is 0 Å². The van der Waals surface area contributed by atoms with E-state index in [2.05, 4.69) is 20.3 Å². The lowest BCUT2D eigenvalue weighted by Gasteiger charge is -2.12. The lowest BCUT2D eigenvalue weighted by atomic mass is 10.2. The molecule has 0 aliphatic heterocycles. The van der Waals surface area contributed by atoms with Gasteiger partial charge in [0.05, 0.1) is 5.56 Å². The van der Waals surface area contributed by atoms with Gasteiger partial charge in [-0.1, -0.05) is 0 Å². The number of nitrogens with zero attached hydrogens (tertiary/aromatic N) is 4. The zero-order chi connectivity index (χ0) is 14.0. The minimum atomic E-state index is -0.710. The Morgan fingerprint density at radius 3 is 2.42 bits per heavy atom. The molecule has 0 fully saturated rings. The van der Waals surface area contributed by atoms with Crippen molar-refractivity contribution in [3.63, 3.8) is 0 Å². The van der Waals surface area contributed by atoms with Crippen molar-refractivity contribution in [1.29, 1.82) is 0 Å². The van der Waals surface area contributed by atoms with Gasteiger partial charge in [-0.2, -0.15) is 15.0 Å². The van der Waals surface area contributed by atoms with E-state index in [1.54, 1.807) is 26.0 Å². The number of hydrogen-bond acceptors (Lipinski definition) is 5. The van der Waals surface area contributed by atoms with Crippen molar-refractivity contribution >= 4 is 11.9 Å². The predicted octanol–water partition coefficient (Wildman–Crippen LogP) is 1.92. The van der Waals surface area contributed by atoms with E-state index in [4.69, 9.17) is 0 Å². The van der Waals surface area contributed by atoms with Crippen molar-refractivity contribution in [3.05, 3.63) is 29.8 Å². The van der Waals surface area contributed by atoms with Gasteiger partial charge >= 0.3 is 0 Å². The third kappa shape index (κ3) is 2.75. The monoisotopic (exact) mass is 265 g/mol. The summed E-state index contributed by atoms with van der Waals surface area (Å²) in [6, 6.07) is 3.27. The zero-order valence-electron chi connectivity index (χ0n) is 10.8. The van der Waals surface area contributed by atoms with E-state index >= 15 is 0 Å². The number of hydrogen-bond donors (Lipinski definition) is 1. The summed E-state index contributed by atoms with van der Waals surface area (Å²) >= 11 is 0. The molecular formula is C12H13F2N5. The first kappa shape index (κ1) is 13.1. The standard InChI is InChI=1S/C12H13F2N5/c1-15-11-16-10(17-12(18-11)19(2)3)8-5-4-7(13)6-9(8)14/h4-6H,1-3H3,(H,15,16,17,18). The maximum absolute atomic E-state index is 13.7. The molecule has 0 aliphatic carbocycles. The van der Waals surface area contributed by atoms with Gasteiger partial charge in [0.2, 0.25) is 11.9 Å². The van der Waals surface area contributed by atoms with Gasteiger partial charge < -0.3 is 10.2 Å². The fraction of sp³-hybridized carbons (Fsp3) is 0.250. The third-order valence-electron chi connectivity index (χ3n) is 2.42. The van der Waals surface area contributed by atoms with Gasteiger partial charge in [0.15, 0.2) is 5.82 Å². The van der Waals surface area contributed by atoms with Gasteiger partial charge in [0.1, 0.15) is 11.6 Å². The number of nitrogens with one attached hydrogen (secondary N) is 1. The first-order valence-electron chi connectivity index (χ1n) is 5.58. The molecule has 1 N–H and O–H groups in total. The topological polar surface area (TPSA) is 53.9 Å². The Kier molecular flexibility index (Phi) is 3.55.